The molecule has 0 aliphatic carbocycles. The molecule has 1 fully saturated rings. The van der Waals surface area contributed by atoms with Gasteiger partial charge in [-0.3, -0.25) is 10.1 Å². The summed E-state index contributed by atoms with van der Waals surface area (Å²) < 4.78 is 38.6. The van der Waals surface area contributed by atoms with E-state index in [9.17, 15) is 13.2 Å². The molecule has 1 aliphatic rings. The predicted octanol–water partition coefficient (Wildman–Crippen LogP) is 2.46. The van der Waals surface area contributed by atoms with Crippen LogP contribution in [0.3, 0.4) is 0 Å². The van der Waals surface area contributed by atoms with Gasteiger partial charge in [0, 0.05) is 13.1 Å². The Morgan fingerprint density at radius 3 is 2.68 bits per heavy atom. The normalized spacial score (nSPS) is 15.4. The van der Waals surface area contributed by atoms with Crippen molar-refractivity contribution in [2.24, 2.45) is 0 Å². The lowest BCUT2D eigenvalue weighted by Gasteiger charge is -2.26. The number of anilines is 1. The van der Waals surface area contributed by atoms with Gasteiger partial charge in [-0.15, -0.1) is 11.8 Å². The number of sulfonamides is 1. The highest BCUT2D eigenvalue weighted by Gasteiger charge is 2.28. The van der Waals surface area contributed by atoms with Gasteiger partial charge >= 0.3 is 0 Å². The van der Waals surface area contributed by atoms with Crippen molar-refractivity contribution in [3.05, 3.63) is 29.5 Å². The molecule has 0 unspecified atom stereocenters. The number of hydrogen-bond donors (Lipinski definition) is 1. The molecule has 2 aromatic rings. The van der Waals surface area contributed by atoms with Gasteiger partial charge in [-0.05, 0) is 31.4 Å². The van der Waals surface area contributed by atoms with Crippen LogP contribution < -0.4 is 10.1 Å². The van der Waals surface area contributed by atoms with Gasteiger partial charge in [0.05, 0.1) is 40.7 Å². The minimum Gasteiger partial charge on any atom is -0.496 e. The molecule has 1 amide bonds. The van der Waals surface area contributed by atoms with Crippen molar-refractivity contribution < 1.29 is 22.7 Å². The fraction of sp³-hybridized carbons (Fsp3) is 0.412. The second-order valence-corrected chi connectivity index (χ2v) is 9.94. The number of thiazole rings is 1. The number of nitrogens with one attached hydrogen (secondary N) is 1. The molecule has 1 aliphatic heterocycles. The van der Waals surface area contributed by atoms with Crippen molar-refractivity contribution in [1.29, 1.82) is 0 Å². The van der Waals surface area contributed by atoms with E-state index in [-0.39, 0.29) is 29.3 Å². The lowest BCUT2D eigenvalue weighted by molar-refractivity contribution is 0.0730. The number of aromatic nitrogens is 1. The van der Waals surface area contributed by atoms with Crippen LogP contribution in [0.5, 0.6) is 5.75 Å². The number of hydrogen-bond acceptors (Lipinski definition) is 8. The number of rotatable bonds is 6. The number of benzene rings is 1. The van der Waals surface area contributed by atoms with Gasteiger partial charge in [-0.1, -0.05) is 11.3 Å². The first-order chi connectivity index (χ1) is 13.4. The Balaban J connectivity index is 1.91. The summed E-state index contributed by atoms with van der Waals surface area (Å²) in [5.74, 6) is -0.186. The summed E-state index contributed by atoms with van der Waals surface area (Å²) in [5.41, 5.74) is 0.971. The number of nitrogens with zero attached hydrogens (tertiary/aromatic N) is 2. The smallest absolute Gasteiger partial charge is 0.261 e. The molecular weight excluding hydrogens is 422 g/mol. The van der Waals surface area contributed by atoms with Crippen LogP contribution in [0.2, 0.25) is 0 Å². The molecule has 8 nitrogen and oxygen atoms in total. The average molecular weight is 444 g/mol. The van der Waals surface area contributed by atoms with Gasteiger partial charge in [0.1, 0.15) is 5.75 Å². The second-order valence-electron chi connectivity index (χ2n) is 5.93. The largest absolute Gasteiger partial charge is 0.496 e. The summed E-state index contributed by atoms with van der Waals surface area (Å²) in [6.07, 6.45) is 1.94. The Bertz CT molecular complexity index is 968. The molecule has 11 heteroatoms. The van der Waals surface area contributed by atoms with E-state index in [1.807, 2.05) is 13.2 Å². The highest BCUT2D eigenvalue weighted by atomic mass is 32.2. The Hall–Kier alpha value is -1.66. The van der Waals surface area contributed by atoms with Crippen LogP contribution in [0.25, 0.3) is 0 Å². The third-order valence-corrected chi connectivity index (χ3v) is 8.36. The predicted molar refractivity (Wildman–Crippen MR) is 109 cm³/mol. The van der Waals surface area contributed by atoms with Gasteiger partial charge in [-0.2, -0.15) is 4.31 Å². The summed E-state index contributed by atoms with van der Waals surface area (Å²) in [4.78, 5) is 17.2. The van der Waals surface area contributed by atoms with Gasteiger partial charge in [0.2, 0.25) is 10.0 Å². The molecule has 0 saturated carbocycles. The minimum absolute atomic E-state index is 0.0421. The molecule has 3 rings (SSSR count). The Morgan fingerprint density at radius 1 is 1.36 bits per heavy atom. The maximum Gasteiger partial charge on any atom is 0.261 e. The Kier molecular flexibility index (Phi) is 6.61. The summed E-state index contributed by atoms with van der Waals surface area (Å²) in [5, 5.41) is 3.19. The molecule has 1 aromatic heterocycles. The van der Waals surface area contributed by atoms with E-state index in [2.05, 4.69) is 10.3 Å². The zero-order valence-electron chi connectivity index (χ0n) is 15.7. The molecule has 1 aromatic carbocycles. The third kappa shape index (κ3) is 4.33. The molecule has 2 heterocycles. The first-order valence-corrected chi connectivity index (χ1v) is 11.9. The van der Waals surface area contributed by atoms with E-state index in [1.54, 1.807) is 11.8 Å². The van der Waals surface area contributed by atoms with Crippen LogP contribution in [0.15, 0.2) is 27.3 Å². The van der Waals surface area contributed by atoms with E-state index in [0.29, 0.717) is 18.3 Å². The van der Waals surface area contributed by atoms with E-state index in [4.69, 9.17) is 9.47 Å². The lowest BCUT2D eigenvalue weighted by Crippen LogP contribution is -2.40. The molecule has 0 atom stereocenters. The Morgan fingerprint density at radius 2 is 2.07 bits per heavy atom. The SMILES string of the molecule is COc1ccc(S(=O)(=O)N2CCOCC2)cc1C(=O)Nc1nc(C)c(SC)s1. The summed E-state index contributed by atoms with van der Waals surface area (Å²) in [6.45, 7) is 3.14. The van der Waals surface area contributed by atoms with Crippen LogP contribution in [0.1, 0.15) is 16.1 Å². The van der Waals surface area contributed by atoms with Crippen LogP contribution in [0.4, 0.5) is 5.13 Å². The highest BCUT2D eigenvalue weighted by Crippen LogP contribution is 2.31. The van der Waals surface area contributed by atoms with Crippen LogP contribution in [-0.2, 0) is 14.8 Å². The Labute approximate surface area is 172 Å². The van der Waals surface area contributed by atoms with Crippen molar-refractivity contribution in [1.82, 2.24) is 9.29 Å². The molecule has 152 valence electrons. The minimum atomic E-state index is -3.72. The van der Waals surface area contributed by atoms with E-state index in [1.165, 1.54) is 41.0 Å². The number of carbonyl (C=O) groups is 1. The summed E-state index contributed by atoms with van der Waals surface area (Å²) in [6, 6.07) is 4.28. The van der Waals surface area contributed by atoms with E-state index < -0.39 is 15.9 Å². The number of thioether (sulfide) groups is 1. The maximum atomic E-state index is 12.9. The number of morpholine rings is 1. The average Bonchev–Trinajstić information content (AvgIpc) is 3.07. The fourth-order valence-electron chi connectivity index (χ4n) is 2.75. The zero-order chi connectivity index (χ0) is 20.3. The number of methoxy groups -OCH3 is 1. The van der Waals surface area contributed by atoms with Gasteiger partial charge in [-0.25, -0.2) is 13.4 Å². The number of amides is 1. The van der Waals surface area contributed by atoms with Crippen molar-refractivity contribution in [3.63, 3.8) is 0 Å². The maximum absolute atomic E-state index is 12.9. The van der Waals surface area contributed by atoms with Crippen LogP contribution >= 0.6 is 23.1 Å². The third-order valence-electron chi connectivity index (χ3n) is 4.18. The molecular formula is C17H21N3O5S3. The second kappa shape index (κ2) is 8.78. The lowest BCUT2D eigenvalue weighted by atomic mass is 10.2. The highest BCUT2D eigenvalue weighted by molar-refractivity contribution is 8.00. The number of ether oxygens (including phenoxy) is 2. The van der Waals surface area contributed by atoms with Gasteiger partial charge in [0.25, 0.3) is 5.91 Å². The summed E-state index contributed by atoms with van der Waals surface area (Å²) in [7, 11) is -2.29. The van der Waals surface area contributed by atoms with Crippen molar-refractivity contribution in [3.8, 4) is 5.75 Å². The van der Waals surface area contributed by atoms with Crippen molar-refractivity contribution in [2.75, 3.05) is 45.0 Å². The molecule has 0 spiro atoms. The first-order valence-electron chi connectivity index (χ1n) is 8.45. The van der Waals surface area contributed by atoms with Crippen LogP contribution in [-0.4, -0.2) is 63.3 Å². The first kappa shape index (κ1) is 21.1. The molecule has 28 heavy (non-hydrogen) atoms. The van der Waals surface area contributed by atoms with Crippen molar-refractivity contribution in [2.45, 2.75) is 16.0 Å². The molecule has 1 saturated heterocycles. The number of carbonyl (C=O) groups excluding carboxylic acids is 1. The van der Waals surface area contributed by atoms with Gasteiger partial charge in [0.15, 0.2) is 5.13 Å². The van der Waals surface area contributed by atoms with Gasteiger partial charge < -0.3 is 9.47 Å². The topological polar surface area (TPSA) is 97.8 Å². The standard InChI is InChI=1S/C17H21N3O5S3/c1-11-16(26-3)27-17(18-11)19-15(21)13-10-12(4-5-14(13)24-2)28(22,23)20-6-8-25-9-7-20/h4-5,10H,6-9H2,1-3H3,(H,18,19,21). The summed E-state index contributed by atoms with van der Waals surface area (Å²) >= 11 is 2.92. The van der Waals surface area contributed by atoms with Crippen LogP contribution in [0, 0.1) is 6.92 Å². The molecule has 0 bridgehead atoms. The quantitative estimate of drug-likeness (QED) is 0.685. The van der Waals surface area contributed by atoms with Crippen molar-refractivity contribution >= 4 is 44.2 Å². The molecule has 1 N–H and O–H groups in total. The monoisotopic (exact) mass is 443 g/mol. The zero-order valence-corrected chi connectivity index (χ0v) is 18.2. The molecule has 0 radical (unpaired) electrons. The number of aryl methyl sites for hydroxylation is 1. The van der Waals surface area contributed by atoms with E-state index >= 15 is 0 Å². The fourth-order valence-corrected chi connectivity index (χ4v) is 5.79. The van der Waals surface area contributed by atoms with E-state index in [0.717, 1.165) is 9.90 Å².